The zero-order valence-electron chi connectivity index (χ0n) is 15.6. The quantitative estimate of drug-likeness (QED) is 0.434. The van der Waals surface area contributed by atoms with E-state index in [1.165, 1.54) is 11.1 Å². The molecule has 4 rings (SSSR count). The molecule has 0 unspecified atom stereocenters. The molecule has 0 saturated heterocycles. The molecule has 0 spiro atoms. The fourth-order valence-electron chi connectivity index (χ4n) is 3.19. The lowest BCUT2D eigenvalue weighted by atomic mass is 10.1. The Kier molecular flexibility index (Phi) is 5.27. The summed E-state index contributed by atoms with van der Waals surface area (Å²) < 4.78 is 7.19. The highest BCUT2D eigenvalue weighted by Crippen LogP contribution is 2.24. The van der Waals surface area contributed by atoms with Crippen LogP contribution in [0.4, 0.5) is 0 Å². The van der Waals surface area contributed by atoms with Crippen molar-refractivity contribution in [1.82, 2.24) is 34.3 Å². The zero-order chi connectivity index (χ0) is 19.7. The zero-order valence-corrected chi connectivity index (χ0v) is 18.0. The number of hydrogen-bond donors (Lipinski definition) is 1. The van der Waals surface area contributed by atoms with E-state index in [-0.39, 0.29) is 6.04 Å². The second kappa shape index (κ2) is 7.84. The molecule has 1 aromatic carbocycles. The molecule has 4 aromatic rings. The number of nitrogens with zero attached hydrogens (tertiary/aromatic N) is 6. The summed E-state index contributed by atoms with van der Waals surface area (Å²) in [5.41, 5.74) is 3.32. The van der Waals surface area contributed by atoms with Crippen molar-refractivity contribution in [2.45, 2.75) is 32.9 Å². The normalized spacial score (nSPS) is 12.4. The number of aromatic amines is 1. The van der Waals surface area contributed by atoms with Gasteiger partial charge < -0.3 is 0 Å². The number of aromatic nitrogens is 7. The van der Waals surface area contributed by atoms with Crippen molar-refractivity contribution in [3.8, 4) is 5.69 Å². The van der Waals surface area contributed by atoms with Gasteiger partial charge in [-0.05, 0) is 47.1 Å². The van der Waals surface area contributed by atoms with Crippen LogP contribution in [0.2, 0.25) is 0 Å². The van der Waals surface area contributed by atoms with Crippen molar-refractivity contribution in [3.63, 3.8) is 0 Å². The van der Waals surface area contributed by atoms with Crippen LogP contribution in [0.1, 0.15) is 36.3 Å². The van der Waals surface area contributed by atoms with Gasteiger partial charge in [-0.3, -0.25) is 19.0 Å². The van der Waals surface area contributed by atoms with E-state index in [9.17, 15) is 0 Å². The molecule has 0 fully saturated rings. The van der Waals surface area contributed by atoms with Gasteiger partial charge in [-0.25, -0.2) is 0 Å². The van der Waals surface area contributed by atoms with Gasteiger partial charge in [0.05, 0.1) is 29.1 Å². The average Bonchev–Trinajstić information content (AvgIpc) is 3.39. The first-order valence-electron chi connectivity index (χ1n) is 9.00. The van der Waals surface area contributed by atoms with Crippen molar-refractivity contribution < 1.29 is 0 Å². The number of benzene rings is 1. The van der Waals surface area contributed by atoms with E-state index < -0.39 is 0 Å². The third kappa shape index (κ3) is 3.72. The maximum Gasteiger partial charge on any atom is 0.200 e. The second-order valence-corrected chi connectivity index (χ2v) is 7.97. The molecule has 144 valence electrons. The highest BCUT2D eigenvalue weighted by atomic mass is 79.9. The predicted octanol–water partition coefficient (Wildman–Crippen LogP) is 4.44. The summed E-state index contributed by atoms with van der Waals surface area (Å²) in [5.74, 6) is 0.804. The Morgan fingerprint density at radius 2 is 1.93 bits per heavy atom. The van der Waals surface area contributed by atoms with E-state index in [1.807, 2.05) is 32.5 Å². The lowest BCUT2D eigenvalue weighted by molar-refractivity contribution is 0.477. The first kappa shape index (κ1) is 18.8. The van der Waals surface area contributed by atoms with Gasteiger partial charge in [-0.15, -0.1) is 0 Å². The molecular weight excluding hydrogens is 438 g/mol. The Bertz CT molecular complexity index is 1140. The van der Waals surface area contributed by atoms with Gasteiger partial charge in [-0.2, -0.15) is 15.3 Å². The molecule has 3 heterocycles. The lowest BCUT2D eigenvalue weighted by Crippen LogP contribution is -2.15. The Balaban J connectivity index is 1.67. The van der Waals surface area contributed by atoms with Gasteiger partial charge in [0.2, 0.25) is 0 Å². The van der Waals surface area contributed by atoms with Crippen molar-refractivity contribution in [1.29, 1.82) is 0 Å². The van der Waals surface area contributed by atoms with Crippen molar-refractivity contribution in [2.75, 3.05) is 0 Å². The predicted molar refractivity (Wildman–Crippen MR) is 113 cm³/mol. The average molecular weight is 458 g/mol. The molecule has 1 N–H and O–H groups in total. The maximum absolute atomic E-state index is 5.50. The third-order valence-corrected chi connectivity index (χ3v) is 5.30. The molecule has 0 saturated carbocycles. The van der Waals surface area contributed by atoms with Crippen molar-refractivity contribution in [2.24, 2.45) is 0 Å². The molecule has 7 nitrogen and oxygen atoms in total. The minimum absolute atomic E-state index is 0.0419. The first-order valence-corrected chi connectivity index (χ1v) is 10.2. The van der Waals surface area contributed by atoms with Crippen LogP contribution in [-0.2, 0) is 6.54 Å². The summed E-state index contributed by atoms with van der Waals surface area (Å²) in [6, 6.07) is 8.42. The molecule has 9 heteroatoms. The Hall–Kier alpha value is -2.52. The van der Waals surface area contributed by atoms with Crippen molar-refractivity contribution in [3.05, 3.63) is 75.2 Å². The lowest BCUT2D eigenvalue weighted by Gasteiger charge is -2.15. The van der Waals surface area contributed by atoms with Crippen LogP contribution in [-0.4, -0.2) is 34.3 Å². The van der Waals surface area contributed by atoms with E-state index in [1.54, 1.807) is 6.20 Å². The van der Waals surface area contributed by atoms with E-state index >= 15 is 0 Å². The highest BCUT2D eigenvalue weighted by Gasteiger charge is 2.21. The Labute approximate surface area is 176 Å². The van der Waals surface area contributed by atoms with Crippen LogP contribution in [0.15, 0.2) is 53.5 Å². The third-order valence-electron chi connectivity index (χ3n) is 4.62. The van der Waals surface area contributed by atoms with Gasteiger partial charge >= 0.3 is 0 Å². The summed E-state index contributed by atoms with van der Waals surface area (Å²) in [7, 11) is 0. The summed E-state index contributed by atoms with van der Waals surface area (Å²) in [5, 5.41) is 16.3. The van der Waals surface area contributed by atoms with Gasteiger partial charge in [0.1, 0.15) is 6.04 Å². The second-order valence-electron chi connectivity index (χ2n) is 6.67. The minimum atomic E-state index is -0.0419. The van der Waals surface area contributed by atoms with E-state index in [0.29, 0.717) is 11.3 Å². The molecule has 0 aliphatic rings. The number of hydrogen-bond acceptors (Lipinski definition) is 4. The van der Waals surface area contributed by atoms with E-state index in [4.69, 9.17) is 12.2 Å². The Morgan fingerprint density at radius 3 is 2.61 bits per heavy atom. The van der Waals surface area contributed by atoms with Crippen LogP contribution in [0.3, 0.4) is 0 Å². The topological polar surface area (TPSA) is 69.2 Å². The molecule has 0 radical (unpaired) electrons. The molecule has 1 atom stereocenters. The fourth-order valence-corrected chi connectivity index (χ4v) is 3.74. The number of halogens is 1. The molecule has 0 aliphatic heterocycles. The fraction of sp³-hybridized carbons (Fsp3) is 0.263. The number of aryl methyl sites for hydroxylation is 1. The van der Waals surface area contributed by atoms with E-state index in [0.717, 1.165) is 22.4 Å². The van der Waals surface area contributed by atoms with Gasteiger partial charge in [-0.1, -0.05) is 36.8 Å². The molecular formula is C19H20BrN7S. The van der Waals surface area contributed by atoms with Gasteiger partial charge in [0.15, 0.2) is 10.6 Å². The molecule has 3 aromatic heterocycles. The summed E-state index contributed by atoms with van der Waals surface area (Å²) in [6.07, 6.45) is 8.34. The number of nitrogens with one attached hydrogen (secondary N) is 1. The molecule has 0 bridgehead atoms. The standard InChI is InChI=1S/C19H20BrN7S/c1-3-17(26-11-15(20)8-22-26)18-23-24-19(28)27(18)16-9-21-25(12-16)10-14-6-4-13(2)5-7-14/h4-9,11-12,17H,3,10H2,1-2H3,(H,24,28)/t17-/m1/s1. The van der Waals surface area contributed by atoms with E-state index in [2.05, 4.69) is 74.4 Å². The summed E-state index contributed by atoms with van der Waals surface area (Å²) >= 11 is 8.96. The molecule has 0 aliphatic carbocycles. The first-order chi connectivity index (χ1) is 13.5. The van der Waals surface area contributed by atoms with Crippen LogP contribution in [0.25, 0.3) is 5.69 Å². The van der Waals surface area contributed by atoms with Crippen LogP contribution in [0, 0.1) is 11.7 Å². The van der Waals surface area contributed by atoms with Crippen LogP contribution < -0.4 is 0 Å². The minimum Gasteiger partial charge on any atom is -0.267 e. The van der Waals surface area contributed by atoms with Crippen LogP contribution in [0.5, 0.6) is 0 Å². The highest BCUT2D eigenvalue weighted by molar-refractivity contribution is 9.10. The smallest absolute Gasteiger partial charge is 0.200 e. The Morgan fingerprint density at radius 1 is 1.14 bits per heavy atom. The van der Waals surface area contributed by atoms with Gasteiger partial charge in [0, 0.05) is 12.4 Å². The van der Waals surface area contributed by atoms with Crippen LogP contribution >= 0.6 is 28.1 Å². The largest absolute Gasteiger partial charge is 0.267 e. The monoisotopic (exact) mass is 457 g/mol. The SMILES string of the molecule is CC[C@H](c1n[nH]c(=S)n1-c1cnn(Cc2ccc(C)cc2)c1)n1cc(Br)cn1. The maximum atomic E-state index is 5.50. The number of H-pyrrole nitrogens is 1. The number of rotatable bonds is 6. The van der Waals surface area contributed by atoms with Gasteiger partial charge in [0.25, 0.3) is 0 Å². The van der Waals surface area contributed by atoms with Crippen molar-refractivity contribution >= 4 is 28.1 Å². The molecule has 28 heavy (non-hydrogen) atoms. The summed E-state index contributed by atoms with van der Waals surface area (Å²) in [6.45, 7) is 4.88. The summed E-state index contributed by atoms with van der Waals surface area (Å²) in [4.78, 5) is 0. The molecule has 0 amide bonds.